The van der Waals surface area contributed by atoms with Gasteiger partial charge in [-0.05, 0) is 61.7 Å². The summed E-state index contributed by atoms with van der Waals surface area (Å²) < 4.78 is 42.0. The van der Waals surface area contributed by atoms with Crippen molar-refractivity contribution in [3.63, 3.8) is 0 Å². The van der Waals surface area contributed by atoms with Crippen molar-refractivity contribution in [1.29, 1.82) is 0 Å². The van der Waals surface area contributed by atoms with E-state index in [0.29, 0.717) is 13.0 Å². The number of nitrogens with zero attached hydrogens (tertiary/aromatic N) is 2. The Kier molecular flexibility index (Phi) is 10.6. The Bertz CT molecular complexity index is 1330. The van der Waals surface area contributed by atoms with Crippen molar-refractivity contribution in [1.82, 2.24) is 10.2 Å². The van der Waals surface area contributed by atoms with Gasteiger partial charge in [0.05, 0.1) is 10.6 Å². The van der Waals surface area contributed by atoms with E-state index < -0.39 is 34.3 Å². The smallest absolute Gasteiger partial charge is 0.264 e. The maximum Gasteiger partial charge on any atom is 0.264 e. The van der Waals surface area contributed by atoms with Gasteiger partial charge in [0.2, 0.25) is 11.8 Å². The van der Waals surface area contributed by atoms with Crippen LogP contribution in [0.1, 0.15) is 44.2 Å². The van der Waals surface area contributed by atoms with Gasteiger partial charge in [0.15, 0.2) is 0 Å². The van der Waals surface area contributed by atoms with Crippen LogP contribution in [-0.4, -0.2) is 44.3 Å². The Morgan fingerprint density at radius 2 is 1.56 bits per heavy atom. The molecule has 0 aliphatic carbocycles. The molecule has 0 bridgehead atoms. The normalized spacial score (nSPS) is 12.0. The molecule has 0 radical (unpaired) electrons. The van der Waals surface area contributed by atoms with Crippen molar-refractivity contribution in [3.05, 3.63) is 95.8 Å². The van der Waals surface area contributed by atoms with Crippen LogP contribution in [0.3, 0.4) is 0 Å². The van der Waals surface area contributed by atoms with Crippen LogP contribution in [-0.2, 0) is 26.2 Å². The highest BCUT2D eigenvalue weighted by Gasteiger charge is 2.33. The van der Waals surface area contributed by atoms with Gasteiger partial charge >= 0.3 is 0 Å². The van der Waals surface area contributed by atoms with Crippen LogP contribution in [0.5, 0.6) is 0 Å². The number of hydrogen-bond donors (Lipinski definition) is 1. The van der Waals surface area contributed by atoms with Crippen LogP contribution in [0.2, 0.25) is 0 Å². The summed E-state index contributed by atoms with van der Waals surface area (Å²) in [6.07, 6.45) is 2.08. The summed E-state index contributed by atoms with van der Waals surface area (Å²) in [7, 11) is -4.23. The first-order valence-electron chi connectivity index (χ1n) is 13.1. The van der Waals surface area contributed by atoms with E-state index in [1.807, 2.05) is 45.0 Å². The standard InChI is InChI=1S/C30H36FN3O4S/c1-4-6-20-32-30(36)28(5-2)33(21-24-14-12-23(3)13-15-24)29(35)22-34(26-10-8-7-9-11-26)39(37,38)27-18-16-25(31)17-19-27/h7-19,28H,4-6,20-22H2,1-3H3,(H,32,36)/t28-/m0/s1. The molecular formula is C30H36FN3O4S. The number of carbonyl (C=O) groups is 2. The van der Waals surface area contributed by atoms with E-state index in [1.54, 1.807) is 30.3 Å². The fraction of sp³-hybridized carbons (Fsp3) is 0.333. The lowest BCUT2D eigenvalue weighted by Crippen LogP contribution is -2.52. The number of carbonyl (C=O) groups excluding carboxylic acids is 2. The minimum absolute atomic E-state index is 0.137. The highest BCUT2D eigenvalue weighted by atomic mass is 32.2. The first kappa shape index (κ1) is 29.8. The zero-order chi connectivity index (χ0) is 28.4. The minimum Gasteiger partial charge on any atom is -0.354 e. The van der Waals surface area contributed by atoms with Crippen molar-refractivity contribution in [2.75, 3.05) is 17.4 Å². The molecule has 0 unspecified atom stereocenters. The molecule has 0 saturated carbocycles. The lowest BCUT2D eigenvalue weighted by molar-refractivity contribution is -0.140. The van der Waals surface area contributed by atoms with E-state index in [9.17, 15) is 22.4 Å². The molecule has 7 nitrogen and oxygen atoms in total. The van der Waals surface area contributed by atoms with Crippen molar-refractivity contribution < 1.29 is 22.4 Å². The van der Waals surface area contributed by atoms with Crippen LogP contribution in [0, 0.1) is 12.7 Å². The number of anilines is 1. The number of amides is 2. The molecule has 0 spiro atoms. The average molecular weight is 554 g/mol. The van der Waals surface area contributed by atoms with E-state index in [2.05, 4.69) is 5.32 Å². The van der Waals surface area contributed by atoms with Crippen LogP contribution >= 0.6 is 0 Å². The molecule has 0 saturated heterocycles. The molecule has 3 aromatic carbocycles. The number of aryl methyl sites for hydroxylation is 1. The summed E-state index contributed by atoms with van der Waals surface area (Å²) in [6.45, 7) is 5.90. The first-order valence-corrected chi connectivity index (χ1v) is 14.6. The molecule has 9 heteroatoms. The Morgan fingerprint density at radius 3 is 2.15 bits per heavy atom. The molecule has 0 aromatic heterocycles. The van der Waals surface area contributed by atoms with Gasteiger partial charge in [-0.3, -0.25) is 13.9 Å². The molecule has 3 rings (SSSR count). The highest BCUT2D eigenvalue weighted by Crippen LogP contribution is 2.25. The Hall–Kier alpha value is -3.72. The van der Waals surface area contributed by atoms with Gasteiger partial charge in [-0.15, -0.1) is 0 Å². The van der Waals surface area contributed by atoms with Gasteiger partial charge in [-0.2, -0.15) is 0 Å². The molecule has 3 aromatic rings. The van der Waals surface area contributed by atoms with Gasteiger partial charge in [0.25, 0.3) is 10.0 Å². The van der Waals surface area contributed by atoms with E-state index in [4.69, 9.17) is 0 Å². The Morgan fingerprint density at radius 1 is 0.923 bits per heavy atom. The van der Waals surface area contributed by atoms with Crippen LogP contribution in [0.25, 0.3) is 0 Å². The largest absolute Gasteiger partial charge is 0.354 e. The van der Waals surface area contributed by atoms with E-state index >= 15 is 0 Å². The van der Waals surface area contributed by atoms with Crippen LogP contribution in [0.15, 0.2) is 83.8 Å². The van der Waals surface area contributed by atoms with E-state index in [0.717, 1.165) is 40.4 Å². The lowest BCUT2D eigenvalue weighted by atomic mass is 10.1. The Balaban J connectivity index is 2.00. The fourth-order valence-corrected chi connectivity index (χ4v) is 5.59. The second kappa shape index (κ2) is 13.9. The monoisotopic (exact) mass is 553 g/mol. The van der Waals surface area contributed by atoms with Crippen LogP contribution in [0.4, 0.5) is 10.1 Å². The van der Waals surface area contributed by atoms with Gasteiger partial charge in [-0.1, -0.05) is 68.3 Å². The van der Waals surface area contributed by atoms with Crippen molar-refractivity contribution in [2.45, 2.75) is 57.5 Å². The topological polar surface area (TPSA) is 86.8 Å². The summed E-state index contributed by atoms with van der Waals surface area (Å²) in [6, 6.07) is 19.6. The maximum atomic E-state index is 13.9. The summed E-state index contributed by atoms with van der Waals surface area (Å²) in [5.74, 6) is -1.37. The predicted octanol–water partition coefficient (Wildman–Crippen LogP) is 5.05. The number of unbranched alkanes of at least 4 members (excludes halogenated alkanes) is 1. The average Bonchev–Trinajstić information content (AvgIpc) is 2.93. The molecule has 39 heavy (non-hydrogen) atoms. The van der Waals surface area contributed by atoms with Crippen molar-refractivity contribution >= 4 is 27.5 Å². The number of halogens is 1. The number of nitrogens with one attached hydrogen (secondary N) is 1. The molecule has 0 aliphatic rings. The highest BCUT2D eigenvalue weighted by molar-refractivity contribution is 7.92. The first-order chi connectivity index (χ1) is 18.7. The Labute approximate surface area is 230 Å². The summed E-state index contributed by atoms with van der Waals surface area (Å²) >= 11 is 0. The molecule has 1 N–H and O–H groups in total. The number of rotatable bonds is 13. The SMILES string of the molecule is CCCCNC(=O)[C@H](CC)N(Cc1ccc(C)cc1)C(=O)CN(c1ccccc1)S(=O)(=O)c1ccc(F)cc1. The summed E-state index contributed by atoms with van der Waals surface area (Å²) in [4.78, 5) is 28.4. The quantitative estimate of drug-likeness (QED) is 0.300. The molecule has 0 aliphatic heterocycles. The van der Waals surface area contributed by atoms with Crippen LogP contribution < -0.4 is 9.62 Å². The number of benzene rings is 3. The number of hydrogen-bond acceptors (Lipinski definition) is 4. The van der Waals surface area contributed by atoms with Gasteiger partial charge in [0, 0.05) is 13.1 Å². The molecular weight excluding hydrogens is 517 g/mol. The molecule has 2 amide bonds. The number of para-hydroxylation sites is 1. The third kappa shape index (κ3) is 7.89. The summed E-state index contributed by atoms with van der Waals surface area (Å²) in [5.41, 5.74) is 2.16. The number of sulfonamides is 1. The minimum atomic E-state index is -4.23. The fourth-order valence-electron chi connectivity index (χ4n) is 4.17. The van der Waals surface area contributed by atoms with Crippen molar-refractivity contribution in [2.24, 2.45) is 0 Å². The van der Waals surface area contributed by atoms with Crippen molar-refractivity contribution in [3.8, 4) is 0 Å². The zero-order valence-corrected chi connectivity index (χ0v) is 23.5. The second-order valence-electron chi connectivity index (χ2n) is 9.38. The lowest BCUT2D eigenvalue weighted by Gasteiger charge is -2.33. The van der Waals surface area contributed by atoms with Gasteiger partial charge < -0.3 is 10.2 Å². The summed E-state index contributed by atoms with van der Waals surface area (Å²) in [5, 5.41) is 2.91. The third-order valence-corrected chi connectivity index (χ3v) is 8.20. The molecule has 208 valence electrons. The van der Waals surface area contributed by atoms with E-state index in [-0.39, 0.29) is 23.0 Å². The van der Waals surface area contributed by atoms with E-state index in [1.165, 1.54) is 17.0 Å². The molecule has 1 atom stereocenters. The third-order valence-electron chi connectivity index (χ3n) is 6.41. The molecule has 0 fully saturated rings. The van der Waals surface area contributed by atoms with Gasteiger partial charge in [-0.25, -0.2) is 12.8 Å². The zero-order valence-electron chi connectivity index (χ0n) is 22.6. The maximum absolute atomic E-state index is 13.9. The van der Waals surface area contributed by atoms with Gasteiger partial charge in [0.1, 0.15) is 18.4 Å². The molecule has 0 heterocycles. The predicted molar refractivity (Wildman–Crippen MR) is 151 cm³/mol. The second-order valence-corrected chi connectivity index (χ2v) is 11.2.